The number of hydrogen-bond acceptors (Lipinski definition) is 8. The average molecular weight is 821 g/mol. The maximum atomic E-state index is 14.8. The number of hydrogen-bond donors (Lipinski definition) is 0. The lowest BCUT2D eigenvalue weighted by Crippen LogP contribution is -2.40. The van der Waals surface area contributed by atoms with Gasteiger partial charge >= 0.3 is 5.70 Å². The van der Waals surface area contributed by atoms with Gasteiger partial charge in [-0.15, -0.1) is 15.0 Å². The molecule has 1 amide bonds. The number of aromatic nitrogens is 4. The fourth-order valence-electron chi connectivity index (χ4n) is 9.19. The van der Waals surface area contributed by atoms with E-state index in [2.05, 4.69) is 106 Å². The zero-order valence-electron chi connectivity index (χ0n) is 35.6. The Balaban J connectivity index is 1.12. The van der Waals surface area contributed by atoms with Gasteiger partial charge in [0.1, 0.15) is 5.82 Å². The molecule has 2 aliphatic rings. The minimum atomic E-state index is -0.957. The van der Waals surface area contributed by atoms with Gasteiger partial charge in [-0.2, -0.15) is 0 Å². The largest absolute Gasteiger partial charge is 0.364 e. The first-order valence-electron chi connectivity index (χ1n) is 21.5. The van der Waals surface area contributed by atoms with Crippen molar-refractivity contribution < 1.29 is 4.79 Å². The van der Waals surface area contributed by atoms with E-state index in [-0.39, 0.29) is 24.6 Å². The fourth-order valence-corrected chi connectivity index (χ4v) is 9.19. The summed E-state index contributed by atoms with van der Waals surface area (Å²) in [5.74, 6) is 0.853. The summed E-state index contributed by atoms with van der Waals surface area (Å²) in [6, 6.07) is 47.4. The molecule has 8 rings (SSSR count). The third-order valence-electron chi connectivity index (χ3n) is 11.9. The van der Waals surface area contributed by atoms with Crippen molar-refractivity contribution in [3.05, 3.63) is 201 Å². The van der Waals surface area contributed by atoms with E-state index >= 15 is 0 Å². The minimum absolute atomic E-state index is 0.0288. The molecule has 5 aromatic carbocycles. The van der Waals surface area contributed by atoms with Crippen LogP contribution in [0.25, 0.3) is 4.85 Å². The number of anilines is 1. The van der Waals surface area contributed by atoms with E-state index in [9.17, 15) is 10.1 Å². The van der Waals surface area contributed by atoms with Crippen LogP contribution in [0.2, 0.25) is 0 Å². The number of nitrogens with zero attached hydrogens (tertiary/aromatic N) is 10. The summed E-state index contributed by atoms with van der Waals surface area (Å²) in [7, 11) is 0. The summed E-state index contributed by atoms with van der Waals surface area (Å²) in [5.41, 5.74) is 7.32. The molecular weight excluding hydrogens is 769 g/mol. The Hall–Kier alpha value is -7.08. The number of rotatable bonds is 14. The van der Waals surface area contributed by atoms with Crippen molar-refractivity contribution in [2.45, 2.75) is 64.7 Å². The monoisotopic (exact) mass is 820 g/mol. The van der Waals surface area contributed by atoms with Gasteiger partial charge in [-0.05, 0) is 84.9 Å². The standard InChI is InChI=1S/C51H52N10O/c1-39-31-40(2)33-42(32-39)37-59-30-29-58(50(59)47(35-52)53-3)28-25-49(62)60(46-24-16-17-41(34-46)36-57-26-14-7-15-27-57)38-48-54-56-61(55-48)51(43-18-8-4-9-19-43,44-20-10-5-11-21-44)45-22-12-6-13-23-45/h4-6,8-13,16-24,31-34H,7,14-15,25-30,36-38H2,1-2H3/b50-47+. The molecule has 2 saturated heterocycles. The molecule has 0 saturated carbocycles. The maximum absolute atomic E-state index is 14.8. The molecule has 3 heterocycles. The highest BCUT2D eigenvalue weighted by molar-refractivity contribution is 5.93. The minimum Gasteiger partial charge on any atom is -0.364 e. The van der Waals surface area contributed by atoms with E-state index < -0.39 is 5.54 Å². The number of amides is 1. The van der Waals surface area contributed by atoms with Crippen LogP contribution in [0, 0.1) is 31.8 Å². The van der Waals surface area contributed by atoms with E-state index in [1.807, 2.05) is 71.6 Å². The van der Waals surface area contributed by atoms with Crippen molar-refractivity contribution >= 4 is 11.6 Å². The molecule has 312 valence electrons. The van der Waals surface area contributed by atoms with Gasteiger partial charge < -0.3 is 14.7 Å². The molecule has 0 spiro atoms. The van der Waals surface area contributed by atoms with Crippen LogP contribution in [0.5, 0.6) is 0 Å². The number of benzene rings is 5. The molecule has 11 nitrogen and oxygen atoms in total. The van der Waals surface area contributed by atoms with Gasteiger partial charge in [-0.3, -0.25) is 9.69 Å². The van der Waals surface area contributed by atoms with E-state index in [4.69, 9.17) is 16.9 Å². The summed E-state index contributed by atoms with van der Waals surface area (Å²) >= 11 is 0. The van der Waals surface area contributed by atoms with Crippen molar-refractivity contribution in [2.75, 3.05) is 37.6 Å². The number of likely N-dealkylation sites (tertiary alicyclic amines) is 1. The summed E-state index contributed by atoms with van der Waals surface area (Å²) in [6.07, 6.45) is 3.79. The average Bonchev–Trinajstić information content (AvgIpc) is 3.94. The molecule has 0 N–H and O–H groups in total. The zero-order chi connectivity index (χ0) is 42.9. The number of allylic oxidation sites excluding steroid dienone is 1. The van der Waals surface area contributed by atoms with E-state index in [0.717, 1.165) is 53.1 Å². The van der Waals surface area contributed by atoms with E-state index in [1.165, 1.54) is 30.4 Å². The summed E-state index contributed by atoms with van der Waals surface area (Å²) in [4.78, 5) is 28.5. The Morgan fingerprint density at radius 3 is 1.95 bits per heavy atom. The summed E-state index contributed by atoms with van der Waals surface area (Å²) < 4.78 is 0. The number of carbonyl (C=O) groups excluding carboxylic acids is 1. The first kappa shape index (κ1) is 41.6. The molecule has 11 heteroatoms. The second kappa shape index (κ2) is 19.1. The lowest BCUT2D eigenvalue weighted by Gasteiger charge is -2.34. The van der Waals surface area contributed by atoms with Gasteiger partial charge in [-0.1, -0.05) is 139 Å². The van der Waals surface area contributed by atoms with Crippen LogP contribution in [0.1, 0.15) is 70.5 Å². The number of carbonyl (C=O) groups is 1. The quantitative estimate of drug-likeness (QED) is 0.0613. The van der Waals surface area contributed by atoms with Gasteiger partial charge in [-0.25, -0.2) is 10.1 Å². The van der Waals surface area contributed by atoms with Crippen molar-refractivity contribution in [2.24, 2.45) is 0 Å². The molecular formula is C51H52N10O. The molecule has 62 heavy (non-hydrogen) atoms. The third kappa shape index (κ3) is 9.00. The molecule has 2 fully saturated rings. The van der Waals surface area contributed by atoms with Gasteiger partial charge in [0.2, 0.25) is 5.91 Å². The van der Waals surface area contributed by atoms with E-state index in [0.29, 0.717) is 37.8 Å². The van der Waals surface area contributed by atoms with Crippen LogP contribution in [-0.2, 0) is 30.0 Å². The first-order chi connectivity index (χ1) is 30.3. The van der Waals surface area contributed by atoms with E-state index in [1.54, 1.807) is 9.70 Å². The predicted octanol–water partition coefficient (Wildman–Crippen LogP) is 8.47. The Morgan fingerprint density at radius 1 is 0.742 bits per heavy atom. The number of aryl methyl sites for hydroxylation is 2. The second-order valence-corrected chi connectivity index (χ2v) is 16.3. The fraction of sp³-hybridized carbons (Fsp3) is 0.294. The van der Waals surface area contributed by atoms with Crippen molar-refractivity contribution in [3.63, 3.8) is 0 Å². The molecule has 6 aromatic rings. The molecule has 0 unspecified atom stereocenters. The molecule has 0 radical (unpaired) electrons. The zero-order valence-corrected chi connectivity index (χ0v) is 35.6. The normalized spacial score (nSPS) is 15.2. The lowest BCUT2D eigenvalue weighted by atomic mass is 9.77. The van der Waals surface area contributed by atoms with Gasteiger partial charge in [0.25, 0.3) is 0 Å². The number of piperidine rings is 1. The van der Waals surface area contributed by atoms with Crippen molar-refractivity contribution in [3.8, 4) is 6.07 Å². The molecule has 1 aromatic heterocycles. The highest BCUT2D eigenvalue weighted by Gasteiger charge is 2.41. The van der Waals surface area contributed by atoms with Crippen LogP contribution in [0.3, 0.4) is 0 Å². The predicted molar refractivity (Wildman–Crippen MR) is 241 cm³/mol. The van der Waals surface area contributed by atoms with Gasteiger partial charge in [0.15, 0.2) is 11.4 Å². The molecule has 0 atom stereocenters. The van der Waals surface area contributed by atoms with Crippen LogP contribution in [-0.4, -0.2) is 73.5 Å². The Labute approximate surface area is 364 Å². The molecule has 0 bridgehead atoms. The van der Waals surface area contributed by atoms with Crippen molar-refractivity contribution in [1.82, 2.24) is 34.9 Å². The smallest absolute Gasteiger partial charge is 0.300 e. The highest BCUT2D eigenvalue weighted by atomic mass is 16.2. The second-order valence-electron chi connectivity index (χ2n) is 16.3. The topological polar surface area (TPSA) is 102 Å². The Kier molecular flexibility index (Phi) is 12.8. The Bertz CT molecular complexity index is 2450. The first-order valence-corrected chi connectivity index (χ1v) is 21.5. The summed E-state index contributed by atoms with van der Waals surface area (Å²) in [5, 5.41) is 24.7. The third-order valence-corrected chi connectivity index (χ3v) is 11.9. The van der Waals surface area contributed by atoms with Crippen LogP contribution < -0.4 is 4.90 Å². The van der Waals surface area contributed by atoms with Crippen LogP contribution >= 0.6 is 0 Å². The van der Waals surface area contributed by atoms with Gasteiger partial charge in [0, 0.05) is 44.8 Å². The summed E-state index contributed by atoms with van der Waals surface area (Å²) in [6.45, 7) is 17.2. The molecule has 2 aliphatic heterocycles. The van der Waals surface area contributed by atoms with Gasteiger partial charge in [0.05, 0.1) is 19.2 Å². The molecule has 0 aliphatic carbocycles. The number of nitriles is 1. The SMILES string of the molecule is [C-]#[N+]/C(C#N)=C1\N(CCC(=O)N(Cc2nnn(C(c3ccccc3)(c3ccccc3)c3ccccc3)n2)c2cccc(CN3CCCCC3)c2)CCN1Cc1cc(C)cc(C)c1. The maximum Gasteiger partial charge on any atom is 0.300 e. The van der Waals surface area contributed by atoms with Crippen LogP contribution in [0.15, 0.2) is 145 Å². The van der Waals surface area contributed by atoms with Crippen molar-refractivity contribution in [1.29, 1.82) is 5.26 Å². The Morgan fingerprint density at radius 2 is 1.35 bits per heavy atom. The lowest BCUT2D eigenvalue weighted by molar-refractivity contribution is -0.119. The highest BCUT2D eigenvalue weighted by Crippen LogP contribution is 2.39. The number of tetrazole rings is 1. The van der Waals surface area contributed by atoms with Crippen LogP contribution in [0.4, 0.5) is 5.69 Å².